The van der Waals surface area contributed by atoms with Crippen LogP contribution in [0.25, 0.3) is 0 Å². The van der Waals surface area contributed by atoms with Gasteiger partial charge in [-0.25, -0.2) is 0 Å². The van der Waals surface area contributed by atoms with Crippen molar-refractivity contribution in [3.05, 3.63) is 4.91 Å². The number of nitrogens with zero attached hydrogens (tertiary/aromatic N) is 1. The van der Waals surface area contributed by atoms with Crippen molar-refractivity contribution in [1.29, 1.82) is 0 Å². The molecule has 0 aliphatic carbocycles. The standard InChI is InChI=1S/C12H26O.C4H9NO2/c1-11(2,3)9-7-8-10(13)12(4,5)6;1-2-3-4-7-5-6/h10,13H,7-9H2,1-6H3;2-4H2,1H3. The molecular formula is C16H35NO3. The number of hydrogen-bond acceptors (Lipinski definition) is 4. The Kier molecular flexibility index (Phi) is 12.0. The van der Waals surface area contributed by atoms with Crippen molar-refractivity contribution < 1.29 is 9.94 Å². The van der Waals surface area contributed by atoms with Crippen LogP contribution < -0.4 is 0 Å². The van der Waals surface area contributed by atoms with Crippen LogP contribution in [0.3, 0.4) is 0 Å². The Labute approximate surface area is 125 Å². The zero-order valence-corrected chi connectivity index (χ0v) is 14.5. The molecule has 20 heavy (non-hydrogen) atoms. The second-order valence-corrected chi connectivity index (χ2v) is 7.60. The van der Waals surface area contributed by atoms with Crippen LogP contribution in [0.4, 0.5) is 0 Å². The summed E-state index contributed by atoms with van der Waals surface area (Å²) in [6.07, 6.45) is 5.04. The maximum Gasteiger partial charge on any atom is 0.155 e. The van der Waals surface area contributed by atoms with Crippen molar-refractivity contribution in [2.45, 2.75) is 86.7 Å². The zero-order chi connectivity index (χ0) is 16.2. The molecule has 0 amide bonds. The highest BCUT2D eigenvalue weighted by Crippen LogP contribution is 2.27. The molecule has 0 radical (unpaired) electrons. The normalized spacial score (nSPS) is 13.2. The Balaban J connectivity index is 0. The lowest BCUT2D eigenvalue weighted by molar-refractivity contribution is 0.0513. The molecule has 0 aromatic rings. The lowest BCUT2D eigenvalue weighted by atomic mass is 9.83. The molecule has 0 rings (SSSR count). The van der Waals surface area contributed by atoms with Crippen molar-refractivity contribution >= 4 is 0 Å². The van der Waals surface area contributed by atoms with Gasteiger partial charge >= 0.3 is 0 Å². The van der Waals surface area contributed by atoms with Crippen molar-refractivity contribution in [3.63, 3.8) is 0 Å². The number of aliphatic hydroxyl groups excluding tert-OH is 1. The Hall–Kier alpha value is -0.640. The lowest BCUT2D eigenvalue weighted by Crippen LogP contribution is -2.26. The largest absolute Gasteiger partial charge is 0.393 e. The third-order valence-electron chi connectivity index (χ3n) is 3.05. The van der Waals surface area contributed by atoms with E-state index in [4.69, 9.17) is 0 Å². The van der Waals surface area contributed by atoms with E-state index in [0.717, 1.165) is 25.7 Å². The Bertz CT molecular complexity index is 229. The van der Waals surface area contributed by atoms with E-state index in [9.17, 15) is 10.0 Å². The lowest BCUT2D eigenvalue weighted by Gasteiger charge is -2.27. The number of aliphatic hydroxyl groups is 1. The minimum atomic E-state index is -0.158. The second kappa shape index (κ2) is 11.1. The fraction of sp³-hybridized carbons (Fsp3) is 1.00. The van der Waals surface area contributed by atoms with Crippen LogP contribution in [-0.4, -0.2) is 17.8 Å². The molecule has 0 spiro atoms. The van der Waals surface area contributed by atoms with Crippen molar-refractivity contribution in [3.8, 4) is 0 Å². The summed E-state index contributed by atoms with van der Waals surface area (Å²) >= 11 is 0. The molecule has 0 fully saturated rings. The third kappa shape index (κ3) is 17.4. The highest BCUT2D eigenvalue weighted by molar-refractivity contribution is 4.73. The minimum absolute atomic E-state index is 0.0396. The number of hydrogen-bond donors (Lipinski definition) is 1. The summed E-state index contributed by atoms with van der Waals surface area (Å²) in [6.45, 7) is 15.5. The zero-order valence-electron chi connectivity index (χ0n) is 14.5. The first-order valence-electron chi connectivity index (χ1n) is 7.67. The number of unbranched alkanes of at least 4 members (excludes halogenated alkanes) is 1. The van der Waals surface area contributed by atoms with Crippen LogP contribution >= 0.6 is 0 Å². The van der Waals surface area contributed by atoms with Crippen molar-refractivity contribution in [2.75, 3.05) is 6.61 Å². The summed E-state index contributed by atoms with van der Waals surface area (Å²) < 4.78 is 0. The van der Waals surface area contributed by atoms with Gasteiger partial charge in [-0.1, -0.05) is 61.3 Å². The van der Waals surface area contributed by atoms with Crippen LogP contribution in [0.1, 0.15) is 80.6 Å². The molecular weight excluding hydrogens is 254 g/mol. The average Bonchev–Trinajstić information content (AvgIpc) is 2.27. The quantitative estimate of drug-likeness (QED) is 0.403. The van der Waals surface area contributed by atoms with Crippen molar-refractivity contribution in [2.24, 2.45) is 16.2 Å². The summed E-state index contributed by atoms with van der Waals surface area (Å²) in [4.78, 5) is 13.4. The maximum absolute atomic E-state index is 9.78. The molecule has 0 heterocycles. The molecule has 4 heteroatoms. The van der Waals surface area contributed by atoms with E-state index in [0.29, 0.717) is 12.0 Å². The molecule has 0 aromatic heterocycles. The van der Waals surface area contributed by atoms with E-state index in [1.54, 1.807) is 0 Å². The van der Waals surface area contributed by atoms with Crippen LogP contribution in [0, 0.1) is 15.7 Å². The van der Waals surface area contributed by atoms with Gasteiger partial charge in [-0.05, 0) is 30.1 Å². The fourth-order valence-corrected chi connectivity index (χ4v) is 1.50. The molecule has 0 saturated heterocycles. The topological polar surface area (TPSA) is 58.9 Å². The van der Waals surface area contributed by atoms with E-state index in [1.165, 1.54) is 6.42 Å². The number of rotatable bonds is 7. The highest BCUT2D eigenvalue weighted by Gasteiger charge is 2.22. The van der Waals surface area contributed by atoms with Crippen LogP contribution in [0.2, 0.25) is 0 Å². The smallest absolute Gasteiger partial charge is 0.155 e. The van der Waals surface area contributed by atoms with Gasteiger partial charge in [0.15, 0.2) is 5.34 Å². The first kappa shape index (κ1) is 21.7. The predicted molar refractivity (Wildman–Crippen MR) is 85.4 cm³/mol. The molecule has 1 unspecified atom stereocenters. The van der Waals surface area contributed by atoms with E-state index >= 15 is 0 Å². The van der Waals surface area contributed by atoms with Gasteiger partial charge in [0.25, 0.3) is 0 Å². The molecule has 122 valence electrons. The fourth-order valence-electron chi connectivity index (χ4n) is 1.50. The molecule has 1 N–H and O–H groups in total. The van der Waals surface area contributed by atoms with Gasteiger partial charge in [0.2, 0.25) is 0 Å². The molecule has 4 nitrogen and oxygen atoms in total. The first-order chi connectivity index (χ1) is 9.04. The third-order valence-corrected chi connectivity index (χ3v) is 3.05. The van der Waals surface area contributed by atoms with Gasteiger partial charge < -0.3 is 9.94 Å². The summed E-state index contributed by atoms with van der Waals surface area (Å²) in [5.41, 5.74) is 0.440. The maximum atomic E-state index is 9.78. The van der Waals surface area contributed by atoms with Gasteiger partial charge in [0.1, 0.15) is 6.61 Å². The minimum Gasteiger partial charge on any atom is -0.393 e. The van der Waals surface area contributed by atoms with Gasteiger partial charge in [-0.15, -0.1) is 4.91 Å². The molecule has 0 aliphatic rings. The molecule has 0 aliphatic heterocycles. The Morgan fingerprint density at radius 3 is 2.00 bits per heavy atom. The van der Waals surface area contributed by atoms with E-state index in [1.807, 2.05) is 6.92 Å². The molecule has 1 atom stereocenters. The van der Waals surface area contributed by atoms with E-state index < -0.39 is 0 Å². The van der Waals surface area contributed by atoms with Crippen LogP contribution in [-0.2, 0) is 4.84 Å². The highest BCUT2D eigenvalue weighted by atomic mass is 16.7. The van der Waals surface area contributed by atoms with Gasteiger partial charge in [0, 0.05) is 0 Å². The Morgan fingerprint density at radius 1 is 1.10 bits per heavy atom. The summed E-state index contributed by atoms with van der Waals surface area (Å²) in [7, 11) is 0. The predicted octanol–water partition coefficient (Wildman–Crippen LogP) is 5.09. The summed E-state index contributed by atoms with van der Waals surface area (Å²) in [6, 6.07) is 0. The van der Waals surface area contributed by atoms with Crippen LogP contribution in [0.15, 0.2) is 5.34 Å². The molecule has 0 aromatic carbocycles. The molecule has 0 saturated carbocycles. The molecule has 0 bridgehead atoms. The van der Waals surface area contributed by atoms with Gasteiger partial charge in [-0.2, -0.15) is 0 Å². The Morgan fingerprint density at radius 2 is 1.65 bits per heavy atom. The average molecular weight is 289 g/mol. The van der Waals surface area contributed by atoms with E-state index in [2.05, 4.69) is 51.7 Å². The first-order valence-corrected chi connectivity index (χ1v) is 7.67. The monoisotopic (exact) mass is 289 g/mol. The summed E-state index contributed by atoms with van der Waals surface area (Å²) in [5, 5.41) is 12.0. The second-order valence-electron chi connectivity index (χ2n) is 7.60. The van der Waals surface area contributed by atoms with E-state index in [-0.39, 0.29) is 11.5 Å². The van der Waals surface area contributed by atoms with Gasteiger partial charge in [-0.3, -0.25) is 0 Å². The SMILES string of the molecule is CC(C)(C)CCCC(O)C(C)(C)C.CCCCON=O. The van der Waals surface area contributed by atoms with Crippen molar-refractivity contribution in [1.82, 2.24) is 0 Å². The van der Waals surface area contributed by atoms with Gasteiger partial charge in [0.05, 0.1) is 6.10 Å². The summed E-state index contributed by atoms with van der Waals surface area (Å²) in [5.74, 6) is 0. The van der Waals surface area contributed by atoms with Crippen LogP contribution in [0.5, 0.6) is 0 Å².